The Morgan fingerprint density at radius 1 is 1.23 bits per heavy atom. The van der Waals surface area contributed by atoms with Gasteiger partial charge in [-0.1, -0.05) is 18.2 Å². The second kappa shape index (κ2) is 6.51. The van der Waals surface area contributed by atoms with Crippen LogP contribution in [0.2, 0.25) is 0 Å². The summed E-state index contributed by atoms with van der Waals surface area (Å²) in [5.41, 5.74) is 7.64. The Bertz CT molecular complexity index is 963. The largest absolute Gasteiger partial charge is 0.381 e. The number of carbonyl (C=O) groups is 1. The van der Waals surface area contributed by atoms with Gasteiger partial charge in [-0.05, 0) is 42.7 Å². The van der Waals surface area contributed by atoms with Crippen molar-refractivity contribution in [2.45, 2.75) is 18.4 Å². The Hall–Kier alpha value is -2.77. The van der Waals surface area contributed by atoms with E-state index in [0.717, 1.165) is 5.56 Å². The highest BCUT2D eigenvalue weighted by atomic mass is 19.1. The molecular formula is C19H19FN4O2. The van der Waals surface area contributed by atoms with Crippen LogP contribution in [0.4, 0.5) is 10.1 Å². The number of nitrogens with two attached hydrogens (primary N) is 1. The molecule has 0 unspecified atom stereocenters. The summed E-state index contributed by atoms with van der Waals surface area (Å²) in [4.78, 5) is 16.6. The van der Waals surface area contributed by atoms with E-state index in [9.17, 15) is 9.18 Å². The monoisotopic (exact) mass is 354 g/mol. The Kier molecular flexibility index (Phi) is 4.18. The van der Waals surface area contributed by atoms with Gasteiger partial charge in [0, 0.05) is 30.6 Å². The molecular weight excluding hydrogens is 335 g/mol. The molecule has 1 aliphatic rings. The number of pyridine rings is 1. The summed E-state index contributed by atoms with van der Waals surface area (Å²) in [5, 5.41) is 2.72. The number of halogens is 1. The summed E-state index contributed by atoms with van der Waals surface area (Å²) >= 11 is 0. The van der Waals surface area contributed by atoms with E-state index in [4.69, 9.17) is 10.5 Å². The third-order valence-corrected chi connectivity index (χ3v) is 4.77. The minimum Gasteiger partial charge on any atom is -0.381 e. The summed E-state index contributed by atoms with van der Waals surface area (Å²) in [6.45, 7) is 1.22. The van der Waals surface area contributed by atoms with Crippen LogP contribution < -0.4 is 11.1 Å². The number of fused-ring (bicyclic) bond motifs is 1. The van der Waals surface area contributed by atoms with Gasteiger partial charge in [-0.15, -0.1) is 0 Å². The van der Waals surface area contributed by atoms with E-state index < -0.39 is 17.4 Å². The van der Waals surface area contributed by atoms with Gasteiger partial charge in [0.15, 0.2) is 5.69 Å². The molecule has 7 heteroatoms. The van der Waals surface area contributed by atoms with Gasteiger partial charge in [-0.25, -0.2) is 4.98 Å². The van der Waals surface area contributed by atoms with Gasteiger partial charge in [0.1, 0.15) is 5.65 Å². The summed E-state index contributed by atoms with van der Waals surface area (Å²) in [5.74, 6) is -1.28. The number of nitrogens with one attached hydrogen (secondary N) is 1. The molecule has 4 rings (SSSR count). The highest BCUT2D eigenvalue weighted by Crippen LogP contribution is 2.30. The maximum absolute atomic E-state index is 14.4. The number of amides is 1. The number of imidazole rings is 1. The van der Waals surface area contributed by atoms with Crippen LogP contribution in [0.1, 0.15) is 28.9 Å². The molecule has 0 saturated carbocycles. The summed E-state index contributed by atoms with van der Waals surface area (Å²) in [7, 11) is 0. The second-order valence-corrected chi connectivity index (χ2v) is 6.48. The lowest BCUT2D eigenvalue weighted by Crippen LogP contribution is -2.42. The minimum atomic E-state index is -0.686. The van der Waals surface area contributed by atoms with Crippen molar-refractivity contribution in [1.82, 2.24) is 9.38 Å². The minimum absolute atomic E-state index is 0.241. The smallest absolute Gasteiger partial charge is 0.279 e. The molecule has 0 radical (unpaired) electrons. The summed E-state index contributed by atoms with van der Waals surface area (Å²) in [6, 6.07) is 12.4. The Morgan fingerprint density at radius 3 is 2.81 bits per heavy atom. The number of rotatable bonds is 3. The lowest BCUT2D eigenvalue weighted by molar-refractivity contribution is 0.0522. The molecule has 26 heavy (non-hydrogen) atoms. The third kappa shape index (κ3) is 2.95. The predicted molar refractivity (Wildman–Crippen MR) is 95.5 cm³/mol. The standard InChI is InChI=1S/C19H19FN4O2/c20-17-16(23-15-6-1-2-9-24(15)17)18(25)22-14-5-3-4-13(12-14)19(21)7-10-26-11-8-19/h1-6,9,12H,7-8,10-11,21H2,(H,22,25). The number of anilines is 1. The predicted octanol–water partition coefficient (Wildman–Crippen LogP) is 2.69. The Labute approximate surface area is 149 Å². The molecule has 1 fully saturated rings. The molecule has 3 N–H and O–H groups in total. The van der Waals surface area contributed by atoms with Crippen LogP contribution in [0, 0.1) is 5.95 Å². The van der Waals surface area contributed by atoms with Crippen LogP contribution in [0.15, 0.2) is 48.7 Å². The van der Waals surface area contributed by atoms with Crippen LogP contribution in [-0.4, -0.2) is 28.5 Å². The van der Waals surface area contributed by atoms with Crippen LogP contribution in [0.3, 0.4) is 0 Å². The molecule has 3 aromatic rings. The first-order valence-electron chi connectivity index (χ1n) is 8.48. The van der Waals surface area contributed by atoms with E-state index in [2.05, 4.69) is 10.3 Å². The van der Waals surface area contributed by atoms with E-state index in [1.54, 1.807) is 24.3 Å². The Morgan fingerprint density at radius 2 is 2.04 bits per heavy atom. The number of nitrogens with zero attached hydrogens (tertiary/aromatic N) is 2. The second-order valence-electron chi connectivity index (χ2n) is 6.48. The van der Waals surface area contributed by atoms with Gasteiger partial charge in [0.05, 0.1) is 0 Å². The molecule has 1 aliphatic heterocycles. The normalized spacial score (nSPS) is 16.5. The lowest BCUT2D eigenvalue weighted by Gasteiger charge is -2.34. The first-order valence-corrected chi connectivity index (χ1v) is 8.48. The van der Waals surface area contributed by atoms with Crippen molar-refractivity contribution < 1.29 is 13.9 Å². The van der Waals surface area contributed by atoms with Crippen molar-refractivity contribution in [2.24, 2.45) is 5.73 Å². The van der Waals surface area contributed by atoms with Crippen molar-refractivity contribution in [3.8, 4) is 0 Å². The molecule has 1 amide bonds. The zero-order chi connectivity index (χ0) is 18.1. The molecule has 2 aromatic heterocycles. The fourth-order valence-corrected chi connectivity index (χ4v) is 3.23. The quantitative estimate of drug-likeness (QED) is 0.758. The van der Waals surface area contributed by atoms with Gasteiger partial charge in [0.25, 0.3) is 5.91 Å². The van der Waals surface area contributed by atoms with Crippen LogP contribution >= 0.6 is 0 Å². The molecule has 6 nitrogen and oxygen atoms in total. The van der Waals surface area contributed by atoms with Gasteiger partial charge < -0.3 is 15.8 Å². The number of benzene rings is 1. The fourth-order valence-electron chi connectivity index (χ4n) is 3.23. The third-order valence-electron chi connectivity index (χ3n) is 4.77. The van der Waals surface area contributed by atoms with E-state index in [1.165, 1.54) is 10.6 Å². The molecule has 0 spiro atoms. The van der Waals surface area contributed by atoms with E-state index >= 15 is 0 Å². The molecule has 134 valence electrons. The summed E-state index contributed by atoms with van der Waals surface area (Å²) < 4.78 is 21.0. The number of hydrogen-bond acceptors (Lipinski definition) is 4. The van der Waals surface area contributed by atoms with Crippen molar-refractivity contribution >= 4 is 17.2 Å². The zero-order valence-corrected chi connectivity index (χ0v) is 14.1. The van der Waals surface area contributed by atoms with E-state index in [-0.39, 0.29) is 5.69 Å². The van der Waals surface area contributed by atoms with Crippen LogP contribution in [0.25, 0.3) is 5.65 Å². The van der Waals surface area contributed by atoms with E-state index in [1.807, 2.05) is 18.2 Å². The van der Waals surface area contributed by atoms with Crippen molar-refractivity contribution in [3.63, 3.8) is 0 Å². The van der Waals surface area contributed by atoms with Gasteiger partial charge in [-0.2, -0.15) is 4.39 Å². The van der Waals surface area contributed by atoms with Gasteiger partial charge in [0.2, 0.25) is 5.95 Å². The highest BCUT2D eigenvalue weighted by molar-refractivity contribution is 6.03. The molecule has 0 atom stereocenters. The maximum atomic E-state index is 14.4. The molecule has 1 aromatic carbocycles. The van der Waals surface area contributed by atoms with Crippen LogP contribution in [0.5, 0.6) is 0 Å². The molecule has 1 saturated heterocycles. The first-order chi connectivity index (χ1) is 12.6. The number of carbonyl (C=O) groups excluding carboxylic acids is 1. The zero-order valence-electron chi connectivity index (χ0n) is 14.1. The van der Waals surface area contributed by atoms with Crippen molar-refractivity contribution in [3.05, 3.63) is 65.9 Å². The van der Waals surface area contributed by atoms with Gasteiger partial charge >= 0.3 is 0 Å². The average Bonchev–Trinajstić information content (AvgIpc) is 3.00. The van der Waals surface area contributed by atoms with Crippen molar-refractivity contribution in [1.29, 1.82) is 0 Å². The summed E-state index contributed by atoms with van der Waals surface area (Å²) in [6.07, 6.45) is 2.95. The molecule has 0 aliphatic carbocycles. The fraction of sp³-hybridized carbons (Fsp3) is 0.263. The molecule has 3 heterocycles. The first kappa shape index (κ1) is 16.7. The highest BCUT2D eigenvalue weighted by Gasteiger charge is 2.30. The maximum Gasteiger partial charge on any atom is 0.279 e. The SMILES string of the molecule is NC1(c2cccc(NC(=O)c3nc4ccccn4c3F)c2)CCOCC1. The average molecular weight is 354 g/mol. The number of aromatic nitrogens is 2. The number of hydrogen-bond donors (Lipinski definition) is 2. The van der Waals surface area contributed by atoms with Crippen molar-refractivity contribution in [2.75, 3.05) is 18.5 Å². The van der Waals surface area contributed by atoms with Crippen LogP contribution in [-0.2, 0) is 10.3 Å². The lowest BCUT2D eigenvalue weighted by atomic mass is 9.83. The Balaban J connectivity index is 1.59. The molecule has 0 bridgehead atoms. The number of ether oxygens (including phenoxy) is 1. The van der Waals surface area contributed by atoms with E-state index in [0.29, 0.717) is 37.4 Å². The van der Waals surface area contributed by atoms with Gasteiger partial charge in [-0.3, -0.25) is 9.20 Å². The topological polar surface area (TPSA) is 81.6 Å².